The van der Waals surface area contributed by atoms with Crippen LogP contribution in [0.4, 0.5) is 10.5 Å². The quantitative estimate of drug-likeness (QED) is 0.661. The number of aromatic amines is 1. The molecule has 0 bridgehead atoms. The summed E-state index contributed by atoms with van der Waals surface area (Å²) in [5, 5.41) is 3.81. The fourth-order valence-corrected chi connectivity index (χ4v) is 3.19. The maximum Gasteiger partial charge on any atom is 0.322 e. The average molecular weight is 395 g/mol. The molecule has 2 amide bonds. The molecule has 0 fully saturated rings. The maximum atomic E-state index is 13.0. The van der Waals surface area contributed by atoms with Crippen LogP contribution in [-0.4, -0.2) is 36.2 Å². The number of carbonyl (C=O) groups is 1. The molecular weight excluding hydrogens is 370 g/mol. The first-order chi connectivity index (χ1) is 13.9. The topological polar surface area (TPSA) is 83.7 Å². The predicted octanol–water partition coefficient (Wildman–Crippen LogP) is 3.99. The molecule has 0 spiro atoms. The molecule has 0 saturated heterocycles. The van der Waals surface area contributed by atoms with Gasteiger partial charge < -0.3 is 24.7 Å². The van der Waals surface area contributed by atoms with E-state index in [-0.39, 0.29) is 17.6 Å². The van der Waals surface area contributed by atoms with Crippen LogP contribution >= 0.6 is 0 Å². The molecule has 0 aliphatic carbocycles. The first-order valence-electron chi connectivity index (χ1n) is 9.33. The molecule has 1 aromatic heterocycles. The highest BCUT2D eigenvalue weighted by atomic mass is 16.5. The summed E-state index contributed by atoms with van der Waals surface area (Å²) in [4.78, 5) is 29.5. The minimum atomic E-state index is -0.267. The SMILES string of the molecule is COc1ccc(NC(=O)N(Cc2cc(=O)[nH]c3ccccc23)C(C)C)cc1OC. The lowest BCUT2D eigenvalue weighted by Crippen LogP contribution is -2.39. The van der Waals surface area contributed by atoms with Crippen LogP contribution < -0.4 is 20.3 Å². The van der Waals surface area contributed by atoms with E-state index in [1.807, 2.05) is 38.1 Å². The Morgan fingerprint density at radius 2 is 1.79 bits per heavy atom. The van der Waals surface area contributed by atoms with Crippen LogP contribution in [0.1, 0.15) is 19.4 Å². The van der Waals surface area contributed by atoms with E-state index in [1.165, 1.54) is 0 Å². The maximum absolute atomic E-state index is 13.0. The van der Waals surface area contributed by atoms with Crippen molar-refractivity contribution in [1.82, 2.24) is 9.88 Å². The van der Waals surface area contributed by atoms with Crippen LogP contribution in [0.5, 0.6) is 11.5 Å². The number of hydrogen-bond donors (Lipinski definition) is 2. The lowest BCUT2D eigenvalue weighted by molar-refractivity contribution is 0.194. The summed E-state index contributed by atoms with van der Waals surface area (Å²) in [5.74, 6) is 1.11. The predicted molar refractivity (Wildman–Crippen MR) is 114 cm³/mol. The number of hydrogen-bond acceptors (Lipinski definition) is 4. The van der Waals surface area contributed by atoms with Crippen LogP contribution in [0.3, 0.4) is 0 Å². The van der Waals surface area contributed by atoms with Crippen molar-refractivity contribution in [2.75, 3.05) is 19.5 Å². The van der Waals surface area contributed by atoms with Crippen molar-refractivity contribution < 1.29 is 14.3 Å². The molecule has 0 aliphatic heterocycles. The number of H-pyrrole nitrogens is 1. The number of rotatable bonds is 6. The van der Waals surface area contributed by atoms with E-state index in [4.69, 9.17) is 9.47 Å². The van der Waals surface area contributed by atoms with Crippen LogP contribution in [0.2, 0.25) is 0 Å². The van der Waals surface area contributed by atoms with Crippen LogP contribution in [0.25, 0.3) is 10.9 Å². The molecule has 0 aliphatic rings. The summed E-state index contributed by atoms with van der Waals surface area (Å²) in [6, 6.07) is 14.0. The van der Waals surface area contributed by atoms with Crippen LogP contribution in [-0.2, 0) is 6.54 Å². The molecule has 152 valence electrons. The van der Waals surface area contributed by atoms with Crippen molar-refractivity contribution in [3.05, 3.63) is 64.4 Å². The van der Waals surface area contributed by atoms with Gasteiger partial charge in [0.1, 0.15) is 0 Å². The summed E-state index contributed by atoms with van der Waals surface area (Å²) in [6.07, 6.45) is 0. The first kappa shape index (κ1) is 20.3. The number of anilines is 1. The van der Waals surface area contributed by atoms with Gasteiger partial charge >= 0.3 is 6.03 Å². The second kappa shape index (κ2) is 8.68. The van der Waals surface area contributed by atoms with E-state index >= 15 is 0 Å². The third kappa shape index (κ3) is 4.51. The van der Waals surface area contributed by atoms with E-state index in [0.717, 1.165) is 16.5 Å². The van der Waals surface area contributed by atoms with Gasteiger partial charge in [0, 0.05) is 41.3 Å². The molecule has 1 heterocycles. The number of fused-ring (bicyclic) bond motifs is 1. The molecule has 2 N–H and O–H groups in total. The van der Waals surface area contributed by atoms with Gasteiger partial charge in [0.15, 0.2) is 11.5 Å². The number of nitrogens with one attached hydrogen (secondary N) is 2. The molecule has 0 unspecified atom stereocenters. The fourth-order valence-electron chi connectivity index (χ4n) is 3.19. The Hall–Kier alpha value is -3.48. The minimum absolute atomic E-state index is 0.0757. The van der Waals surface area contributed by atoms with E-state index in [0.29, 0.717) is 23.7 Å². The summed E-state index contributed by atoms with van der Waals surface area (Å²) >= 11 is 0. The number of benzene rings is 2. The Morgan fingerprint density at radius 1 is 1.07 bits per heavy atom. The monoisotopic (exact) mass is 395 g/mol. The number of methoxy groups -OCH3 is 2. The van der Waals surface area contributed by atoms with Gasteiger partial charge in [0.05, 0.1) is 14.2 Å². The smallest absolute Gasteiger partial charge is 0.322 e. The minimum Gasteiger partial charge on any atom is -0.493 e. The number of ether oxygens (including phenoxy) is 2. The average Bonchev–Trinajstić information content (AvgIpc) is 2.71. The Balaban J connectivity index is 1.87. The molecule has 0 saturated carbocycles. The molecule has 3 aromatic rings. The van der Waals surface area contributed by atoms with Gasteiger partial charge in [0.2, 0.25) is 5.56 Å². The normalized spacial score (nSPS) is 10.8. The molecule has 7 heteroatoms. The summed E-state index contributed by atoms with van der Waals surface area (Å²) < 4.78 is 10.5. The molecule has 0 atom stereocenters. The fraction of sp³-hybridized carbons (Fsp3) is 0.273. The Labute approximate surface area is 169 Å². The van der Waals surface area contributed by atoms with Gasteiger partial charge in [-0.1, -0.05) is 18.2 Å². The molecule has 7 nitrogen and oxygen atoms in total. The van der Waals surface area contributed by atoms with E-state index < -0.39 is 0 Å². The third-order valence-corrected chi connectivity index (χ3v) is 4.70. The molecular formula is C22H25N3O4. The number of amides is 2. The summed E-state index contributed by atoms with van der Waals surface area (Å²) in [5.41, 5.74) is 1.94. The Morgan fingerprint density at radius 3 is 2.48 bits per heavy atom. The van der Waals surface area contributed by atoms with Crippen molar-refractivity contribution in [3.8, 4) is 11.5 Å². The highest BCUT2D eigenvalue weighted by molar-refractivity contribution is 5.90. The zero-order chi connectivity index (χ0) is 21.0. The molecule has 29 heavy (non-hydrogen) atoms. The van der Waals surface area contributed by atoms with Gasteiger partial charge in [-0.2, -0.15) is 0 Å². The van der Waals surface area contributed by atoms with Crippen molar-refractivity contribution in [2.24, 2.45) is 0 Å². The van der Waals surface area contributed by atoms with Crippen LogP contribution in [0, 0.1) is 0 Å². The summed E-state index contributed by atoms with van der Waals surface area (Å²) in [6.45, 7) is 4.17. The van der Waals surface area contributed by atoms with Gasteiger partial charge in [-0.3, -0.25) is 4.79 Å². The highest BCUT2D eigenvalue weighted by Crippen LogP contribution is 2.30. The first-order valence-corrected chi connectivity index (χ1v) is 9.33. The number of carbonyl (C=O) groups excluding carboxylic acids is 1. The second-order valence-corrected chi connectivity index (χ2v) is 6.93. The number of para-hydroxylation sites is 1. The van der Waals surface area contributed by atoms with Gasteiger partial charge in [0.25, 0.3) is 0 Å². The third-order valence-electron chi connectivity index (χ3n) is 4.70. The molecule has 3 rings (SSSR count). The molecule has 0 radical (unpaired) electrons. The lowest BCUT2D eigenvalue weighted by Gasteiger charge is -2.27. The molecule has 2 aromatic carbocycles. The van der Waals surface area contributed by atoms with E-state index in [1.54, 1.807) is 43.4 Å². The summed E-state index contributed by atoms with van der Waals surface area (Å²) in [7, 11) is 3.10. The number of urea groups is 1. The standard InChI is InChI=1S/C22H25N3O4/c1-14(2)25(13-15-11-21(26)24-18-8-6-5-7-17(15)18)22(27)23-16-9-10-19(28-3)20(12-16)29-4/h5-12,14H,13H2,1-4H3,(H,23,27)(H,24,26). The van der Waals surface area contributed by atoms with Crippen molar-refractivity contribution >= 4 is 22.6 Å². The van der Waals surface area contributed by atoms with E-state index in [9.17, 15) is 9.59 Å². The Bertz CT molecular complexity index is 1080. The highest BCUT2D eigenvalue weighted by Gasteiger charge is 2.19. The van der Waals surface area contributed by atoms with Gasteiger partial charge in [-0.05, 0) is 37.6 Å². The lowest BCUT2D eigenvalue weighted by atomic mass is 10.1. The zero-order valence-electron chi connectivity index (χ0n) is 17.0. The second-order valence-electron chi connectivity index (χ2n) is 6.93. The zero-order valence-corrected chi connectivity index (χ0v) is 17.0. The number of pyridine rings is 1. The number of nitrogens with zero attached hydrogens (tertiary/aromatic N) is 1. The largest absolute Gasteiger partial charge is 0.493 e. The van der Waals surface area contributed by atoms with Gasteiger partial charge in [-0.15, -0.1) is 0 Å². The van der Waals surface area contributed by atoms with Crippen LogP contribution in [0.15, 0.2) is 53.3 Å². The van der Waals surface area contributed by atoms with Crippen molar-refractivity contribution in [3.63, 3.8) is 0 Å². The van der Waals surface area contributed by atoms with E-state index in [2.05, 4.69) is 10.3 Å². The van der Waals surface area contributed by atoms with Crippen molar-refractivity contribution in [1.29, 1.82) is 0 Å². The number of aromatic nitrogens is 1. The van der Waals surface area contributed by atoms with Crippen molar-refractivity contribution in [2.45, 2.75) is 26.4 Å². The van der Waals surface area contributed by atoms with Gasteiger partial charge in [-0.25, -0.2) is 4.79 Å². The Kier molecular flexibility index (Phi) is 6.07.